The molecule has 110 valence electrons. The lowest BCUT2D eigenvalue weighted by Crippen LogP contribution is -2.58. The molecule has 0 unspecified atom stereocenters. The Balaban J connectivity index is 1.99. The molecular weight excluding hydrogens is 260 g/mol. The number of H-pyrrole nitrogens is 1. The normalized spacial score (nSPS) is 17.4. The number of aromatic amines is 1. The lowest BCUT2D eigenvalue weighted by Gasteiger charge is -2.35. The molecule has 1 aromatic heterocycles. The van der Waals surface area contributed by atoms with Gasteiger partial charge in [0.15, 0.2) is 0 Å². The second kappa shape index (κ2) is 5.94. The Labute approximate surface area is 117 Å². The topological polar surface area (TPSA) is 98.3 Å². The molecule has 0 radical (unpaired) electrons. The minimum absolute atomic E-state index is 0.314. The third-order valence-electron chi connectivity index (χ3n) is 3.75. The second-order valence-electron chi connectivity index (χ2n) is 5.27. The fraction of sp³-hybridized carbons (Fsp3) is 0.615. The predicted molar refractivity (Wildman–Crippen MR) is 72.0 cm³/mol. The van der Waals surface area contributed by atoms with E-state index in [0.717, 1.165) is 19.3 Å². The van der Waals surface area contributed by atoms with E-state index < -0.39 is 11.5 Å². The number of carbonyl (C=O) groups excluding carboxylic acids is 1. The van der Waals surface area contributed by atoms with Gasteiger partial charge >= 0.3 is 12.0 Å². The summed E-state index contributed by atoms with van der Waals surface area (Å²) in [5.41, 5.74) is -1.12. The largest absolute Gasteiger partial charge is 0.480 e. The van der Waals surface area contributed by atoms with Gasteiger partial charge in [0, 0.05) is 19.4 Å². The highest BCUT2D eigenvalue weighted by Crippen LogP contribution is 2.28. The molecule has 3 N–H and O–H groups in total. The van der Waals surface area contributed by atoms with Crippen molar-refractivity contribution in [1.82, 2.24) is 20.2 Å². The zero-order valence-corrected chi connectivity index (χ0v) is 11.6. The maximum absolute atomic E-state index is 12.2. The molecule has 0 saturated heterocycles. The highest BCUT2D eigenvalue weighted by molar-refractivity contribution is 5.86. The number of carboxylic acid groups (broad SMARTS) is 1. The molecule has 1 aromatic rings. The fourth-order valence-corrected chi connectivity index (χ4v) is 2.53. The van der Waals surface area contributed by atoms with Gasteiger partial charge in [-0.15, -0.1) is 0 Å². The third-order valence-corrected chi connectivity index (χ3v) is 3.75. The van der Waals surface area contributed by atoms with Crippen molar-refractivity contribution < 1.29 is 14.7 Å². The van der Waals surface area contributed by atoms with Gasteiger partial charge in [-0.05, 0) is 12.8 Å². The van der Waals surface area contributed by atoms with E-state index >= 15 is 0 Å². The summed E-state index contributed by atoms with van der Waals surface area (Å²) in [6.07, 6.45) is 6.95. The Bertz CT molecular complexity index is 466. The van der Waals surface area contributed by atoms with Gasteiger partial charge in [0.1, 0.15) is 11.4 Å². The van der Waals surface area contributed by atoms with Gasteiger partial charge in [0.05, 0.1) is 6.54 Å². The van der Waals surface area contributed by atoms with Crippen molar-refractivity contribution in [3.8, 4) is 0 Å². The average molecular weight is 280 g/mol. The Morgan fingerprint density at radius 2 is 2.15 bits per heavy atom. The number of amides is 2. The Kier molecular flexibility index (Phi) is 4.26. The number of rotatable bonds is 4. The van der Waals surface area contributed by atoms with Gasteiger partial charge in [-0.25, -0.2) is 14.6 Å². The van der Waals surface area contributed by atoms with Crippen molar-refractivity contribution >= 4 is 12.0 Å². The molecule has 1 aliphatic rings. The van der Waals surface area contributed by atoms with Crippen molar-refractivity contribution in [3.05, 3.63) is 18.2 Å². The monoisotopic (exact) mass is 280 g/mol. The zero-order chi connectivity index (χ0) is 14.6. The average Bonchev–Trinajstić information content (AvgIpc) is 2.92. The number of nitrogens with zero attached hydrogens (tertiary/aromatic N) is 2. The zero-order valence-electron chi connectivity index (χ0n) is 11.6. The number of imidazole rings is 1. The van der Waals surface area contributed by atoms with Crippen molar-refractivity contribution in [2.75, 3.05) is 7.05 Å². The summed E-state index contributed by atoms with van der Waals surface area (Å²) in [6.45, 7) is 0.314. The molecule has 7 nitrogen and oxygen atoms in total. The number of hydrogen-bond donors (Lipinski definition) is 3. The summed E-state index contributed by atoms with van der Waals surface area (Å²) in [5, 5.41) is 12.1. The van der Waals surface area contributed by atoms with E-state index in [1.165, 1.54) is 4.90 Å². The Hall–Kier alpha value is -2.05. The quantitative estimate of drug-likeness (QED) is 0.775. The molecule has 1 heterocycles. The van der Waals surface area contributed by atoms with Crippen LogP contribution in [0.1, 0.15) is 37.9 Å². The molecule has 2 rings (SSSR count). The minimum Gasteiger partial charge on any atom is -0.480 e. The molecule has 1 fully saturated rings. The van der Waals surface area contributed by atoms with Crippen LogP contribution in [0.4, 0.5) is 4.79 Å². The first-order valence-electron chi connectivity index (χ1n) is 6.78. The fourth-order valence-electron chi connectivity index (χ4n) is 2.53. The molecular formula is C13H20N4O3. The van der Waals surface area contributed by atoms with Crippen LogP contribution in [0.5, 0.6) is 0 Å². The van der Waals surface area contributed by atoms with Gasteiger partial charge in [0.2, 0.25) is 0 Å². The molecule has 1 saturated carbocycles. The molecule has 2 amide bonds. The Morgan fingerprint density at radius 3 is 2.70 bits per heavy atom. The summed E-state index contributed by atoms with van der Waals surface area (Å²) < 4.78 is 0. The van der Waals surface area contributed by atoms with E-state index in [1.807, 2.05) is 0 Å². The van der Waals surface area contributed by atoms with Crippen LogP contribution in [-0.4, -0.2) is 44.6 Å². The van der Waals surface area contributed by atoms with Gasteiger partial charge in [-0.1, -0.05) is 19.3 Å². The van der Waals surface area contributed by atoms with E-state index in [4.69, 9.17) is 0 Å². The van der Waals surface area contributed by atoms with Crippen molar-refractivity contribution in [2.24, 2.45) is 0 Å². The van der Waals surface area contributed by atoms with Crippen LogP contribution >= 0.6 is 0 Å². The van der Waals surface area contributed by atoms with Gasteiger partial charge < -0.3 is 20.3 Å². The molecule has 0 bridgehead atoms. The highest BCUT2D eigenvalue weighted by Gasteiger charge is 2.41. The molecule has 0 aliphatic heterocycles. The van der Waals surface area contributed by atoms with Crippen molar-refractivity contribution in [3.63, 3.8) is 0 Å². The third kappa shape index (κ3) is 3.09. The summed E-state index contributed by atoms with van der Waals surface area (Å²) in [5.74, 6) is -0.285. The number of carbonyl (C=O) groups is 2. The van der Waals surface area contributed by atoms with Crippen LogP contribution in [0.15, 0.2) is 12.4 Å². The van der Waals surface area contributed by atoms with Crippen LogP contribution in [0.2, 0.25) is 0 Å². The van der Waals surface area contributed by atoms with Crippen molar-refractivity contribution in [2.45, 2.75) is 44.2 Å². The Morgan fingerprint density at radius 1 is 1.45 bits per heavy atom. The molecule has 0 spiro atoms. The number of aromatic nitrogens is 2. The smallest absolute Gasteiger partial charge is 0.329 e. The summed E-state index contributed by atoms with van der Waals surface area (Å²) in [6, 6.07) is -0.384. The van der Waals surface area contributed by atoms with Crippen LogP contribution in [0.3, 0.4) is 0 Å². The van der Waals surface area contributed by atoms with E-state index in [-0.39, 0.29) is 6.03 Å². The van der Waals surface area contributed by atoms with Crippen LogP contribution in [0, 0.1) is 0 Å². The number of urea groups is 1. The van der Waals surface area contributed by atoms with Crippen LogP contribution in [0.25, 0.3) is 0 Å². The molecule has 1 aliphatic carbocycles. The molecule has 0 aromatic carbocycles. The predicted octanol–water partition coefficient (Wildman–Crippen LogP) is 1.34. The van der Waals surface area contributed by atoms with Crippen molar-refractivity contribution in [1.29, 1.82) is 0 Å². The lowest BCUT2D eigenvalue weighted by atomic mass is 9.82. The number of aliphatic carboxylic acids is 1. The van der Waals surface area contributed by atoms with E-state index in [0.29, 0.717) is 25.2 Å². The maximum Gasteiger partial charge on any atom is 0.329 e. The minimum atomic E-state index is -1.12. The van der Waals surface area contributed by atoms with Gasteiger partial charge in [0.25, 0.3) is 0 Å². The summed E-state index contributed by atoms with van der Waals surface area (Å²) in [7, 11) is 1.62. The molecule has 20 heavy (non-hydrogen) atoms. The standard InChI is InChI=1S/C13H20N4O3/c1-17(9-10-14-7-8-15-10)12(20)16-13(11(18)19)5-3-2-4-6-13/h7-8H,2-6,9H2,1H3,(H,14,15)(H,16,20)(H,18,19). The highest BCUT2D eigenvalue weighted by atomic mass is 16.4. The van der Waals surface area contributed by atoms with Gasteiger partial charge in [-0.2, -0.15) is 0 Å². The maximum atomic E-state index is 12.2. The SMILES string of the molecule is CN(Cc1ncc[nH]1)C(=O)NC1(C(=O)O)CCCCC1. The number of nitrogens with one attached hydrogen (secondary N) is 2. The first kappa shape index (κ1) is 14.4. The summed E-state index contributed by atoms with van der Waals surface area (Å²) >= 11 is 0. The van der Waals surface area contributed by atoms with Crippen LogP contribution < -0.4 is 5.32 Å². The van der Waals surface area contributed by atoms with E-state index in [9.17, 15) is 14.7 Å². The van der Waals surface area contributed by atoms with Crippen LogP contribution in [-0.2, 0) is 11.3 Å². The lowest BCUT2D eigenvalue weighted by molar-refractivity contribution is -0.145. The second-order valence-corrected chi connectivity index (χ2v) is 5.27. The number of carboxylic acids is 1. The van der Waals surface area contributed by atoms with Gasteiger partial charge in [-0.3, -0.25) is 0 Å². The first-order chi connectivity index (χ1) is 9.53. The molecule has 7 heteroatoms. The first-order valence-corrected chi connectivity index (χ1v) is 6.78. The van der Waals surface area contributed by atoms with E-state index in [2.05, 4.69) is 15.3 Å². The van der Waals surface area contributed by atoms with E-state index in [1.54, 1.807) is 19.4 Å². The molecule has 0 atom stereocenters. The number of hydrogen-bond acceptors (Lipinski definition) is 3. The summed E-state index contributed by atoms with van der Waals surface area (Å²) in [4.78, 5) is 32.0.